The summed E-state index contributed by atoms with van der Waals surface area (Å²) < 4.78 is 3.38. The second-order valence-corrected chi connectivity index (χ2v) is 6.09. The Morgan fingerprint density at radius 2 is 1.88 bits per heavy atom. The first kappa shape index (κ1) is 9.85. The van der Waals surface area contributed by atoms with Crippen molar-refractivity contribution < 1.29 is 0 Å². The number of rotatable bonds is 0. The highest BCUT2D eigenvalue weighted by atomic mass is 32.1. The van der Waals surface area contributed by atoms with Crippen molar-refractivity contribution in [2.75, 3.05) is 0 Å². The largest absolute Gasteiger partial charge is 0.265 e. The SMILES string of the molecule is CC(C)(C)n1cc2c(n1)sc1ccccc12. The second-order valence-electron chi connectivity index (χ2n) is 5.06. The van der Waals surface area contributed by atoms with E-state index in [1.54, 1.807) is 11.3 Å². The first-order valence-corrected chi connectivity index (χ1v) is 6.25. The van der Waals surface area contributed by atoms with E-state index in [1.807, 2.05) is 0 Å². The van der Waals surface area contributed by atoms with Crippen molar-refractivity contribution in [2.24, 2.45) is 0 Å². The smallest absolute Gasteiger partial charge is 0.146 e. The molecule has 2 aromatic heterocycles. The molecule has 82 valence electrons. The molecular weight excluding hydrogens is 216 g/mol. The first-order chi connectivity index (χ1) is 7.55. The molecule has 0 fully saturated rings. The molecule has 0 radical (unpaired) electrons. The summed E-state index contributed by atoms with van der Waals surface area (Å²) >= 11 is 1.77. The molecule has 0 unspecified atom stereocenters. The fraction of sp³-hybridized carbons (Fsp3) is 0.308. The summed E-state index contributed by atoms with van der Waals surface area (Å²) in [5, 5.41) is 7.25. The number of hydrogen-bond donors (Lipinski definition) is 0. The predicted molar refractivity (Wildman–Crippen MR) is 70.1 cm³/mol. The van der Waals surface area contributed by atoms with Gasteiger partial charge in [-0.1, -0.05) is 18.2 Å². The fourth-order valence-electron chi connectivity index (χ4n) is 1.84. The molecule has 2 nitrogen and oxygen atoms in total. The molecule has 1 aromatic carbocycles. The van der Waals surface area contributed by atoms with Crippen LogP contribution < -0.4 is 0 Å². The van der Waals surface area contributed by atoms with Crippen LogP contribution in [0.25, 0.3) is 20.3 Å². The zero-order valence-electron chi connectivity index (χ0n) is 9.69. The third kappa shape index (κ3) is 1.35. The van der Waals surface area contributed by atoms with Crippen LogP contribution in [0.2, 0.25) is 0 Å². The van der Waals surface area contributed by atoms with Crippen molar-refractivity contribution in [1.82, 2.24) is 9.78 Å². The Kier molecular flexibility index (Phi) is 1.89. The Morgan fingerprint density at radius 1 is 1.12 bits per heavy atom. The average molecular weight is 230 g/mol. The molecule has 3 rings (SSSR count). The molecule has 0 spiro atoms. The third-order valence-electron chi connectivity index (χ3n) is 2.75. The van der Waals surface area contributed by atoms with Crippen LogP contribution in [0.4, 0.5) is 0 Å². The van der Waals surface area contributed by atoms with Gasteiger partial charge >= 0.3 is 0 Å². The number of benzene rings is 1. The molecular formula is C13H14N2S. The summed E-state index contributed by atoms with van der Waals surface area (Å²) in [4.78, 5) is 1.14. The summed E-state index contributed by atoms with van der Waals surface area (Å²) in [6.07, 6.45) is 2.16. The van der Waals surface area contributed by atoms with Crippen molar-refractivity contribution in [1.29, 1.82) is 0 Å². The van der Waals surface area contributed by atoms with Gasteiger partial charge in [-0.25, -0.2) is 0 Å². The van der Waals surface area contributed by atoms with Crippen molar-refractivity contribution in [3.8, 4) is 0 Å². The lowest BCUT2D eigenvalue weighted by atomic mass is 10.1. The topological polar surface area (TPSA) is 17.8 Å². The van der Waals surface area contributed by atoms with Crippen molar-refractivity contribution in [3.63, 3.8) is 0 Å². The quantitative estimate of drug-likeness (QED) is 0.570. The molecule has 0 aliphatic carbocycles. The van der Waals surface area contributed by atoms with E-state index in [4.69, 9.17) is 0 Å². The van der Waals surface area contributed by atoms with Crippen LogP contribution >= 0.6 is 11.3 Å². The molecule has 0 saturated heterocycles. The Balaban J connectivity index is 2.35. The van der Waals surface area contributed by atoms with E-state index >= 15 is 0 Å². The van der Waals surface area contributed by atoms with E-state index < -0.39 is 0 Å². The van der Waals surface area contributed by atoms with E-state index in [2.05, 4.69) is 61.0 Å². The minimum absolute atomic E-state index is 0.0554. The van der Waals surface area contributed by atoms with Crippen LogP contribution in [0.15, 0.2) is 30.5 Å². The zero-order chi connectivity index (χ0) is 11.3. The molecule has 16 heavy (non-hydrogen) atoms. The van der Waals surface area contributed by atoms with Gasteiger partial charge in [0.05, 0.1) is 5.54 Å². The number of thiophene rings is 1. The van der Waals surface area contributed by atoms with E-state index in [0.717, 1.165) is 4.83 Å². The van der Waals surface area contributed by atoms with Gasteiger partial charge in [0, 0.05) is 21.7 Å². The lowest BCUT2D eigenvalue weighted by molar-refractivity contribution is 0.358. The molecule has 3 heteroatoms. The first-order valence-electron chi connectivity index (χ1n) is 5.43. The Hall–Kier alpha value is -1.35. The monoisotopic (exact) mass is 230 g/mol. The molecule has 0 aliphatic rings. The Labute approximate surface area is 98.5 Å². The summed E-state index contributed by atoms with van der Waals surface area (Å²) in [7, 11) is 0. The van der Waals surface area contributed by atoms with Gasteiger partial charge in [0.1, 0.15) is 4.83 Å². The van der Waals surface area contributed by atoms with Crippen LogP contribution in [0, 0.1) is 0 Å². The summed E-state index contributed by atoms with van der Waals surface area (Å²) in [6, 6.07) is 8.49. The number of aromatic nitrogens is 2. The molecule has 0 aliphatic heterocycles. The summed E-state index contributed by atoms with van der Waals surface area (Å²) in [5.41, 5.74) is 0.0554. The van der Waals surface area contributed by atoms with Gasteiger partial charge < -0.3 is 0 Å². The molecule has 0 bridgehead atoms. The average Bonchev–Trinajstić information content (AvgIpc) is 2.72. The van der Waals surface area contributed by atoms with Gasteiger partial charge in [0.2, 0.25) is 0 Å². The maximum Gasteiger partial charge on any atom is 0.146 e. The molecule has 0 saturated carbocycles. The van der Waals surface area contributed by atoms with E-state index in [0.29, 0.717) is 0 Å². The zero-order valence-corrected chi connectivity index (χ0v) is 10.5. The molecule has 0 amide bonds. The number of fused-ring (bicyclic) bond motifs is 3. The van der Waals surface area contributed by atoms with Crippen LogP contribution in [0.5, 0.6) is 0 Å². The highest BCUT2D eigenvalue weighted by Crippen LogP contribution is 2.33. The Morgan fingerprint density at radius 3 is 2.62 bits per heavy atom. The molecule has 0 atom stereocenters. The summed E-state index contributed by atoms with van der Waals surface area (Å²) in [6.45, 7) is 6.52. The minimum atomic E-state index is 0.0554. The lowest BCUT2D eigenvalue weighted by Crippen LogP contribution is -2.21. The maximum atomic E-state index is 4.66. The minimum Gasteiger partial charge on any atom is -0.265 e. The van der Waals surface area contributed by atoms with E-state index in [1.165, 1.54) is 15.5 Å². The van der Waals surface area contributed by atoms with E-state index in [-0.39, 0.29) is 5.54 Å². The molecule has 2 heterocycles. The normalized spacial score (nSPS) is 12.7. The predicted octanol–water partition coefficient (Wildman–Crippen LogP) is 4.01. The fourth-order valence-corrected chi connectivity index (χ4v) is 2.89. The van der Waals surface area contributed by atoms with Crippen molar-refractivity contribution >= 4 is 31.6 Å². The summed E-state index contributed by atoms with van der Waals surface area (Å²) in [5.74, 6) is 0. The standard InChI is InChI=1S/C13H14N2S/c1-13(2,3)15-8-10-9-6-4-5-7-11(9)16-12(10)14-15/h4-8H,1-3H3. The van der Waals surface area contributed by atoms with Gasteiger partial charge in [0.15, 0.2) is 0 Å². The van der Waals surface area contributed by atoms with Crippen LogP contribution in [-0.2, 0) is 5.54 Å². The van der Waals surface area contributed by atoms with Crippen molar-refractivity contribution in [3.05, 3.63) is 30.5 Å². The Bertz CT molecular complexity index is 655. The number of hydrogen-bond acceptors (Lipinski definition) is 2. The molecule has 0 N–H and O–H groups in total. The van der Waals surface area contributed by atoms with Gasteiger partial charge in [-0.05, 0) is 26.8 Å². The van der Waals surface area contributed by atoms with Gasteiger partial charge in [-0.15, -0.1) is 11.3 Å². The van der Waals surface area contributed by atoms with Crippen LogP contribution in [-0.4, -0.2) is 9.78 Å². The highest BCUT2D eigenvalue weighted by Gasteiger charge is 2.16. The van der Waals surface area contributed by atoms with E-state index in [9.17, 15) is 0 Å². The van der Waals surface area contributed by atoms with Crippen LogP contribution in [0.1, 0.15) is 20.8 Å². The van der Waals surface area contributed by atoms with Crippen molar-refractivity contribution in [2.45, 2.75) is 26.3 Å². The third-order valence-corrected chi connectivity index (χ3v) is 3.82. The van der Waals surface area contributed by atoms with Gasteiger partial charge in [-0.3, -0.25) is 4.68 Å². The lowest BCUT2D eigenvalue weighted by Gasteiger charge is -2.18. The second kappa shape index (κ2) is 3.08. The maximum absolute atomic E-state index is 4.66. The molecule has 3 aromatic rings. The number of nitrogens with zero attached hydrogens (tertiary/aromatic N) is 2. The van der Waals surface area contributed by atoms with Crippen LogP contribution in [0.3, 0.4) is 0 Å². The van der Waals surface area contributed by atoms with Gasteiger partial charge in [-0.2, -0.15) is 5.10 Å². The highest BCUT2D eigenvalue weighted by molar-refractivity contribution is 7.25. The van der Waals surface area contributed by atoms with Gasteiger partial charge in [0.25, 0.3) is 0 Å².